The van der Waals surface area contributed by atoms with Gasteiger partial charge in [-0.2, -0.15) is 4.31 Å². The van der Waals surface area contributed by atoms with Gasteiger partial charge in [0, 0.05) is 17.6 Å². The number of carbonyl (C=O) groups is 1. The van der Waals surface area contributed by atoms with E-state index in [1.54, 1.807) is 36.7 Å². The molecule has 0 radical (unpaired) electrons. The quantitative estimate of drug-likeness (QED) is 0.830. The summed E-state index contributed by atoms with van der Waals surface area (Å²) >= 11 is 1.29. The van der Waals surface area contributed by atoms with Crippen LogP contribution in [0.5, 0.6) is 0 Å². The van der Waals surface area contributed by atoms with E-state index in [0.29, 0.717) is 11.6 Å². The summed E-state index contributed by atoms with van der Waals surface area (Å²) < 4.78 is 26.8. The summed E-state index contributed by atoms with van der Waals surface area (Å²) in [5.41, 5.74) is 0. The molecule has 124 valence electrons. The molecule has 0 aliphatic carbocycles. The molecule has 1 N–H and O–H groups in total. The molecule has 0 saturated heterocycles. The molecular formula is C15H19N3O3S2. The Morgan fingerprint density at radius 2 is 2.04 bits per heavy atom. The van der Waals surface area contributed by atoms with Crippen molar-refractivity contribution < 1.29 is 13.2 Å². The monoisotopic (exact) mass is 353 g/mol. The van der Waals surface area contributed by atoms with Gasteiger partial charge in [-0.1, -0.05) is 25.1 Å². The van der Waals surface area contributed by atoms with Crippen LogP contribution in [0.3, 0.4) is 0 Å². The maximum Gasteiger partial charge on any atom is 0.243 e. The zero-order chi connectivity index (χ0) is 16.9. The minimum absolute atomic E-state index is 0.183. The lowest BCUT2D eigenvalue weighted by atomic mass is 10.2. The van der Waals surface area contributed by atoms with Crippen LogP contribution in [-0.4, -0.2) is 36.2 Å². The summed E-state index contributed by atoms with van der Waals surface area (Å²) in [6, 6.07) is 7.85. The zero-order valence-electron chi connectivity index (χ0n) is 13.0. The minimum Gasteiger partial charge on any atom is -0.301 e. The maximum atomic E-state index is 12.8. The van der Waals surface area contributed by atoms with Gasteiger partial charge in [-0.15, -0.1) is 11.3 Å². The highest BCUT2D eigenvalue weighted by Crippen LogP contribution is 2.19. The summed E-state index contributed by atoms with van der Waals surface area (Å²) in [6.07, 6.45) is 2.18. The molecule has 8 heteroatoms. The second-order valence-electron chi connectivity index (χ2n) is 5.01. The average molecular weight is 353 g/mol. The Hall–Kier alpha value is -1.77. The molecule has 1 amide bonds. The number of rotatable bonds is 7. The Morgan fingerprint density at radius 1 is 1.35 bits per heavy atom. The first-order valence-electron chi connectivity index (χ1n) is 7.21. The summed E-state index contributed by atoms with van der Waals surface area (Å²) in [5, 5.41) is 4.81. The van der Waals surface area contributed by atoms with Gasteiger partial charge < -0.3 is 5.32 Å². The number of thiazole rings is 1. The lowest BCUT2D eigenvalue weighted by molar-refractivity contribution is -0.116. The van der Waals surface area contributed by atoms with Crippen molar-refractivity contribution >= 4 is 32.4 Å². The molecule has 0 aliphatic heterocycles. The van der Waals surface area contributed by atoms with Crippen LogP contribution < -0.4 is 5.32 Å². The third-order valence-electron chi connectivity index (χ3n) is 3.41. The van der Waals surface area contributed by atoms with E-state index < -0.39 is 15.9 Å². The number of benzene rings is 1. The molecule has 0 spiro atoms. The number of aromatic nitrogens is 1. The predicted octanol–water partition coefficient (Wildman–Crippen LogP) is 2.57. The van der Waals surface area contributed by atoms with Crippen LogP contribution in [-0.2, 0) is 14.8 Å². The van der Waals surface area contributed by atoms with Crippen molar-refractivity contribution in [2.24, 2.45) is 0 Å². The van der Waals surface area contributed by atoms with E-state index in [1.165, 1.54) is 27.8 Å². The van der Waals surface area contributed by atoms with Gasteiger partial charge in [0.15, 0.2) is 5.13 Å². The molecule has 1 aromatic carbocycles. The Balaban J connectivity index is 2.22. The molecule has 23 heavy (non-hydrogen) atoms. The van der Waals surface area contributed by atoms with E-state index in [9.17, 15) is 13.2 Å². The molecule has 6 nitrogen and oxygen atoms in total. The Bertz CT molecular complexity index is 731. The maximum absolute atomic E-state index is 12.8. The average Bonchev–Trinajstić information content (AvgIpc) is 3.05. The van der Waals surface area contributed by atoms with Gasteiger partial charge in [-0.05, 0) is 25.5 Å². The first kappa shape index (κ1) is 17.6. The third-order valence-corrected chi connectivity index (χ3v) is 6.07. The summed E-state index contributed by atoms with van der Waals surface area (Å²) in [5.74, 6) is -0.403. The van der Waals surface area contributed by atoms with Crippen molar-refractivity contribution in [2.75, 3.05) is 11.9 Å². The Kier molecular flexibility index (Phi) is 5.86. The van der Waals surface area contributed by atoms with E-state index in [-0.39, 0.29) is 17.5 Å². The van der Waals surface area contributed by atoms with Gasteiger partial charge in [0.05, 0.1) is 11.4 Å². The topological polar surface area (TPSA) is 79.4 Å². The molecule has 0 fully saturated rings. The Labute approximate surface area is 140 Å². The van der Waals surface area contributed by atoms with Gasteiger partial charge in [-0.3, -0.25) is 4.79 Å². The fraction of sp³-hybridized carbons (Fsp3) is 0.333. The van der Waals surface area contributed by atoms with Crippen LogP contribution in [0.1, 0.15) is 20.3 Å². The lowest BCUT2D eigenvalue weighted by Crippen LogP contribution is -2.43. The van der Waals surface area contributed by atoms with E-state index in [4.69, 9.17) is 0 Å². The number of hydrogen-bond donors (Lipinski definition) is 1. The van der Waals surface area contributed by atoms with Crippen molar-refractivity contribution in [3.05, 3.63) is 41.9 Å². The first-order chi connectivity index (χ1) is 10.9. The van der Waals surface area contributed by atoms with E-state index in [1.807, 2.05) is 6.92 Å². The SMILES string of the molecule is CC[C@@H](C)N(CC(=O)Nc1nccs1)S(=O)(=O)c1ccccc1. The van der Waals surface area contributed by atoms with Crippen molar-refractivity contribution in [1.82, 2.24) is 9.29 Å². The predicted molar refractivity (Wildman–Crippen MR) is 90.8 cm³/mol. The standard InChI is InChI=1S/C15H19N3O3S2/c1-3-12(2)18(11-14(19)17-15-16-9-10-22-15)23(20,21)13-7-5-4-6-8-13/h4-10,12H,3,11H2,1-2H3,(H,16,17,19)/t12-/m1/s1. The summed E-state index contributed by atoms with van der Waals surface area (Å²) in [4.78, 5) is 16.3. The van der Waals surface area contributed by atoms with Crippen LogP contribution >= 0.6 is 11.3 Å². The second-order valence-corrected chi connectivity index (χ2v) is 7.79. The molecule has 2 aromatic rings. The van der Waals surface area contributed by atoms with Crippen LogP contribution in [0, 0.1) is 0 Å². The Morgan fingerprint density at radius 3 is 2.61 bits per heavy atom. The number of sulfonamides is 1. The molecule has 0 bridgehead atoms. The smallest absolute Gasteiger partial charge is 0.243 e. The lowest BCUT2D eigenvalue weighted by Gasteiger charge is -2.27. The van der Waals surface area contributed by atoms with E-state index in [0.717, 1.165) is 0 Å². The number of anilines is 1. The van der Waals surface area contributed by atoms with Gasteiger partial charge in [0.2, 0.25) is 15.9 Å². The molecule has 2 rings (SSSR count). The van der Waals surface area contributed by atoms with Crippen LogP contribution in [0.25, 0.3) is 0 Å². The molecule has 1 aromatic heterocycles. The van der Waals surface area contributed by atoms with Gasteiger partial charge in [0.25, 0.3) is 0 Å². The zero-order valence-corrected chi connectivity index (χ0v) is 14.6. The number of hydrogen-bond acceptors (Lipinski definition) is 5. The molecule has 1 atom stereocenters. The minimum atomic E-state index is -3.73. The highest BCUT2D eigenvalue weighted by molar-refractivity contribution is 7.89. The van der Waals surface area contributed by atoms with Crippen molar-refractivity contribution in [2.45, 2.75) is 31.2 Å². The number of carbonyl (C=O) groups excluding carboxylic acids is 1. The molecule has 1 heterocycles. The summed E-state index contributed by atoms with van der Waals surface area (Å²) in [7, 11) is -3.73. The van der Waals surface area contributed by atoms with Crippen molar-refractivity contribution in [3.63, 3.8) is 0 Å². The number of nitrogens with zero attached hydrogens (tertiary/aromatic N) is 2. The third kappa shape index (κ3) is 4.37. The van der Waals surface area contributed by atoms with Crippen LogP contribution in [0.15, 0.2) is 46.8 Å². The largest absolute Gasteiger partial charge is 0.301 e. The van der Waals surface area contributed by atoms with E-state index in [2.05, 4.69) is 10.3 Å². The molecular weight excluding hydrogens is 334 g/mol. The van der Waals surface area contributed by atoms with Gasteiger partial charge in [-0.25, -0.2) is 13.4 Å². The van der Waals surface area contributed by atoms with Crippen molar-refractivity contribution in [1.29, 1.82) is 0 Å². The molecule has 0 saturated carbocycles. The van der Waals surface area contributed by atoms with Gasteiger partial charge >= 0.3 is 0 Å². The number of nitrogens with one attached hydrogen (secondary N) is 1. The van der Waals surface area contributed by atoms with Crippen molar-refractivity contribution in [3.8, 4) is 0 Å². The second kappa shape index (κ2) is 7.67. The molecule has 0 aliphatic rings. The highest BCUT2D eigenvalue weighted by Gasteiger charge is 2.30. The number of amides is 1. The van der Waals surface area contributed by atoms with Crippen LogP contribution in [0.4, 0.5) is 5.13 Å². The van der Waals surface area contributed by atoms with E-state index >= 15 is 0 Å². The fourth-order valence-electron chi connectivity index (χ4n) is 1.99. The van der Waals surface area contributed by atoms with Crippen LogP contribution in [0.2, 0.25) is 0 Å². The molecule has 0 unspecified atom stereocenters. The summed E-state index contributed by atoms with van der Waals surface area (Å²) in [6.45, 7) is 3.43. The normalized spacial score (nSPS) is 13.0. The first-order valence-corrected chi connectivity index (χ1v) is 9.53. The fourth-order valence-corrected chi connectivity index (χ4v) is 4.22. The van der Waals surface area contributed by atoms with Gasteiger partial charge in [0.1, 0.15) is 0 Å². The highest BCUT2D eigenvalue weighted by atomic mass is 32.2.